The summed E-state index contributed by atoms with van der Waals surface area (Å²) in [5, 5.41) is 12.6. The van der Waals surface area contributed by atoms with E-state index in [9.17, 15) is 5.11 Å². The topological polar surface area (TPSA) is 83.1 Å². The molecule has 1 aliphatic rings. The molecule has 6 nitrogen and oxygen atoms in total. The average molecular weight is 414 g/mol. The Bertz CT molecular complexity index is 272. The Kier molecular flexibility index (Phi) is 13.5. The zero-order valence-corrected chi connectivity index (χ0v) is 15.4. The number of aliphatic hydroxyl groups excluding tert-OH is 1. The summed E-state index contributed by atoms with van der Waals surface area (Å²) in [5.41, 5.74) is 5.78. The zero-order chi connectivity index (χ0) is 14.6. The van der Waals surface area contributed by atoms with E-state index in [-0.39, 0.29) is 30.1 Å². The number of likely N-dealkylation sites (tertiary alicyclic amines) is 1. The van der Waals surface area contributed by atoms with Gasteiger partial charge in [0.25, 0.3) is 0 Å². The number of nitrogens with two attached hydrogens (primary N) is 1. The van der Waals surface area contributed by atoms with E-state index in [4.69, 9.17) is 10.5 Å². The molecule has 0 atom stereocenters. The van der Waals surface area contributed by atoms with Crippen LogP contribution in [-0.2, 0) is 4.74 Å². The van der Waals surface area contributed by atoms with E-state index in [0.717, 1.165) is 65.1 Å². The first kappa shape index (κ1) is 20.9. The van der Waals surface area contributed by atoms with Crippen LogP contribution in [0.4, 0.5) is 0 Å². The number of hydrogen-bond acceptors (Lipinski definition) is 4. The van der Waals surface area contributed by atoms with Gasteiger partial charge in [-0.2, -0.15) is 0 Å². The minimum absolute atomic E-state index is 0. The number of guanidine groups is 1. The summed E-state index contributed by atoms with van der Waals surface area (Å²) >= 11 is 0. The fourth-order valence-electron chi connectivity index (χ4n) is 2.23. The molecule has 1 fully saturated rings. The summed E-state index contributed by atoms with van der Waals surface area (Å²) in [6, 6.07) is 0. The lowest BCUT2D eigenvalue weighted by Gasteiger charge is -2.29. The lowest BCUT2D eigenvalue weighted by molar-refractivity contribution is 0.0823. The van der Waals surface area contributed by atoms with Gasteiger partial charge >= 0.3 is 0 Å². The molecular formula is C14H31IN4O2. The lowest BCUT2D eigenvalue weighted by Crippen LogP contribution is -2.38. The van der Waals surface area contributed by atoms with Crippen LogP contribution in [0.15, 0.2) is 4.99 Å². The van der Waals surface area contributed by atoms with Crippen molar-refractivity contribution in [1.29, 1.82) is 0 Å². The normalized spacial score (nSPS) is 17.5. The molecule has 126 valence electrons. The summed E-state index contributed by atoms with van der Waals surface area (Å²) in [6.45, 7) is 8.10. The number of piperidine rings is 1. The van der Waals surface area contributed by atoms with Gasteiger partial charge in [0.05, 0.1) is 6.10 Å². The SMILES string of the molecule is CCOCCCN=C(N)NCCCN1CCC(O)CC1.I. The maximum atomic E-state index is 9.43. The Morgan fingerprint density at radius 2 is 2.10 bits per heavy atom. The van der Waals surface area contributed by atoms with E-state index in [1.165, 1.54) is 0 Å². The fourth-order valence-corrected chi connectivity index (χ4v) is 2.23. The maximum Gasteiger partial charge on any atom is 0.188 e. The van der Waals surface area contributed by atoms with Crippen LogP contribution in [0.3, 0.4) is 0 Å². The zero-order valence-electron chi connectivity index (χ0n) is 13.1. The number of nitrogens with zero attached hydrogens (tertiary/aromatic N) is 2. The predicted molar refractivity (Wildman–Crippen MR) is 97.3 cm³/mol. The molecule has 0 unspecified atom stereocenters. The number of nitrogens with one attached hydrogen (secondary N) is 1. The lowest BCUT2D eigenvalue weighted by atomic mass is 10.1. The Balaban J connectivity index is 0.00000400. The highest BCUT2D eigenvalue weighted by Crippen LogP contribution is 2.09. The van der Waals surface area contributed by atoms with E-state index in [1.54, 1.807) is 0 Å². The first-order chi connectivity index (χ1) is 9.72. The van der Waals surface area contributed by atoms with Crippen LogP contribution in [-0.4, -0.2) is 68.0 Å². The van der Waals surface area contributed by atoms with Crippen molar-refractivity contribution in [3.05, 3.63) is 0 Å². The third-order valence-electron chi connectivity index (χ3n) is 3.45. The Labute approximate surface area is 145 Å². The molecule has 4 N–H and O–H groups in total. The highest BCUT2D eigenvalue weighted by atomic mass is 127. The maximum absolute atomic E-state index is 9.43. The summed E-state index contributed by atoms with van der Waals surface area (Å²) in [6.07, 6.45) is 3.66. The Morgan fingerprint density at radius 3 is 2.76 bits per heavy atom. The molecule has 0 bridgehead atoms. The smallest absolute Gasteiger partial charge is 0.188 e. The standard InChI is InChI=1S/C14H30N4O2.HI/c1-2-20-12-4-8-17-14(15)16-7-3-9-18-10-5-13(19)6-11-18;/h13,19H,2-12H2,1H3,(H3,15,16,17);1H. The number of halogens is 1. The molecule has 0 spiro atoms. The minimum atomic E-state index is -0.0937. The molecular weight excluding hydrogens is 383 g/mol. The van der Waals surface area contributed by atoms with Gasteiger partial charge in [-0.25, -0.2) is 0 Å². The second kappa shape index (κ2) is 13.5. The van der Waals surface area contributed by atoms with Gasteiger partial charge in [-0.15, -0.1) is 24.0 Å². The summed E-state index contributed by atoms with van der Waals surface area (Å²) in [5.74, 6) is 0.524. The van der Waals surface area contributed by atoms with Gasteiger partial charge in [-0.1, -0.05) is 0 Å². The van der Waals surface area contributed by atoms with Crippen molar-refractivity contribution in [3.63, 3.8) is 0 Å². The third kappa shape index (κ3) is 11.1. The van der Waals surface area contributed by atoms with Crippen molar-refractivity contribution in [3.8, 4) is 0 Å². The minimum Gasteiger partial charge on any atom is -0.393 e. The van der Waals surface area contributed by atoms with Gasteiger partial charge in [0.1, 0.15) is 0 Å². The van der Waals surface area contributed by atoms with Gasteiger partial charge in [-0.05, 0) is 39.2 Å². The van der Waals surface area contributed by atoms with E-state index >= 15 is 0 Å². The number of ether oxygens (including phenoxy) is 1. The summed E-state index contributed by atoms with van der Waals surface area (Å²) in [7, 11) is 0. The number of hydrogen-bond donors (Lipinski definition) is 3. The molecule has 1 rings (SSSR count). The summed E-state index contributed by atoms with van der Waals surface area (Å²) < 4.78 is 5.23. The number of aliphatic imine (C=N–C) groups is 1. The molecule has 0 amide bonds. The first-order valence-electron chi connectivity index (χ1n) is 7.74. The monoisotopic (exact) mass is 414 g/mol. The number of rotatable bonds is 9. The van der Waals surface area contributed by atoms with E-state index < -0.39 is 0 Å². The number of aliphatic hydroxyl groups is 1. The van der Waals surface area contributed by atoms with Crippen LogP contribution < -0.4 is 11.1 Å². The van der Waals surface area contributed by atoms with E-state index in [0.29, 0.717) is 12.5 Å². The van der Waals surface area contributed by atoms with Crippen molar-refractivity contribution < 1.29 is 9.84 Å². The quantitative estimate of drug-likeness (QED) is 0.225. The van der Waals surface area contributed by atoms with Crippen molar-refractivity contribution in [2.45, 2.75) is 38.7 Å². The Morgan fingerprint density at radius 1 is 1.38 bits per heavy atom. The van der Waals surface area contributed by atoms with Gasteiger partial charge in [-0.3, -0.25) is 4.99 Å². The van der Waals surface area contributed by atoms with Crippen LogP contribution in [0.2, 0.25) is 0 Å². The van der Waals surface area contributed by atoms with Crippen molar-refractivity contribution in [2.24, 2.45) is 10.7 Å². The van der Waals surface area contributed by atoms with E-state index in [2.05, 4.69) is 15.2 Å². The second-order valence-electron chi connectivity index (χ2n) is 5.17. The largest absolute Gasteiger partial charge is 0.393 e. The molecule has 0 aliphatic carbocycles. The van der Waals surface area contributed by atoms with Crippen molar-refractivity contribution >= 4 is 29.9 Å². The van der Waals surface area contributed by atoms with Crippen LogP contribution >= 0.6 is 24.0 Å². The van der Waals surface area contributed by atoms with Crippen LogP contribution in [0, 0.1) is 0 Å². The van der Waals surface area contributed by atoms with E-state index in [1.807, 2.05) is 6.92 Å². The molecule has 21 heavy (non-hydrogen) atoms. The highest BCUT2D eigenvalue weighted by Gasteiger charge is 2.15. The molecule has 0 aromatic rings. The highest BCUT2D eigenvalue weighted by molar-refractivity contribution is 14.0. The van der Waals surface area contributed by atoms with Gasteiger partial charge in [0.2, 0.25) is 0 Å². The van der Waals surface area contributed by atoms with Gasteiger partial charge in [0, 0.05) is 39.4 Å². The molecule has 1 saturated heterocycles. The first-order valence-corrected chi connectivity index (χ1v) is 7.74. The molecule has 0 radical (unpaired) electrons. The Hall–Kier alpha value is -0.120. The second-order valence-corrected chi connectivity index (χ2v) is 5.17. The van der Waals surface area contributed by atoms with Crippen LogP contribution in [0.25, 0.3) is 0 Å². The molecule has 0 saturated carbocycles. The van der Waals surface area contributed by atoms with Crippen molar-refractivity contribution in [2.75, 3.05) is 45.9 Å². The molecule has 0 aromatic carbocycles. The fraction of sp³-hybridized carbons (Fsp3) is 0.929. The molecule has 1 aliphatic heterocycles. The van der Waals surface area contributed by atoms with Crippen LogP contribution in [0.5, 0.6) is 0 Å². The van der Waals surface area contributed by atoms with Crippen LogP contribution in [0.1, 0.15) is 32.6 Å². The van der Waals surface area contributed by atoms with Gasteiger partial charge in [0.15, 0.2) is 5.96 Å². The summed E-state index contributed by atoms with van der Waals surface area (Å²) in [4.78, 5) is 6.64. The average Bonchev–Trinajstić information content (AvgIpc) is 2.45. The van der Waals surface area contributed by atoms with Crippen molar-refractivity contribution in [1.82, 2.24) is 10.2 Å². The third-order valence-corrected chi connectivity index (χ3v) is 3.45. The molecule has 0 aromatic heterocycles. The predicted octanol–water partition coefficient (Wildman–Crippen LogP) is 0.782. The van der Waals surface area contributed by atoms with Gasteiger partial charge < -0.3 is 25.8 Å². The molecule has 1 heterocycles. The molecule has 7 heteroatoms.